The normalized spacial score (nSPS) is 14.5. The summed E-state index contributed by atoms with van der Waals surface area (Å²) in [7, 11) is 2.03. The van der Waals surface area contributed by atoms with Crippen molar-refractivity contribution in [1.29, 1.82) is 0 Å². The summed E-state index contributed by atoms with van der Waals surface area (Å²) in [5.74, 6) is 0.221. The lowest BCUT2D eigenvalue weighted by Crippen LogP contribution is -2.51. The Morgan fingerprint density at radius 3 is 2.40 bits per heavy atom. The van der Waals surface area contributed by atoms with Crippen LogP contribution in [0.3, 0.4) is 0 Å². The molecule has 0 N–H and O–H groups in total. The number of benzene rings is 3. The maximum Gasteiger partial charge on any atom is 0.236 e. The number of likely N-dealkylation sites (N-methyl/N-ethyl adjacent to an activating group) is 1. The van der Waals surface area contributed by atoms with Gasteiger partial charge in [-0.1, -0.05) is 48.5 Å². The molecule has 1 aliphatic heterocycles. The van der Waals surface area contributed by atoms with Crippen molar-refractivity contribution in [3.05, 3.63) is 77.4 Å². The molecule has 1 saturated heterocycles. The van der Waals surface area contributed by atoms with E-state index in [-0.39, 0.29) is 5.91 Å². The largest absolute Gasteiger partial charge is 0.368 e. The molecule has 0 unspecified atom stereocenters. The van der Waals surface area contributed by atoms with E-state index in [9.17, 15) is 4.79 Å². The zero-order valence-corrected chi connectivity index (χ0v) is 18.3. The Kier molecular flexibility index (Phi) is 6.05. The van der Waals surface area contributed by atoms with Crippen LogP contribution < -0.4 is 4.90 Å². The van der Waals surface area contributed by atoms with E-state index < -0.39 is 0 Å². The van der Waals surface area contributed by atoms with E-state index >= 15 is 0 Å². The second-order valence-electron chi connectivity index (χ2n) is 8.44. The van der Waals surface area contributed by atoms with Crippen LogP contribution in [0, 0.1) is 13.8 Å². The van der Waals surface area contributed by atoms with Crippen LogP contribution in [0.1, 0.15) is 16.7 Å². The standard InChI is InChI=1S/C26H31N3O/c1-20-7-6-10-25(21(20)2)28-13-15-29(16-14-28)26(30)19-27(3)18-22-11-12-23-8-4-5-9-24(23)17-22/h4-12,17H,13-16,18-19H2,1-3H3. The predicted molar refractivity (Wildman–Crippen MR) is 125 cm³/mol. The number of rotatable bonds is 5. The smallest absolute Gasteiger partial charge is 0.236 e. The number of carbonyl (C=O) groups excluding carboxylic acids is 1. The number of carbonyl (C=O) groups is 1. The zero-order chi connectivity index (χ0) is 21.1. The second kappa shape index (κ2) is 8.88. The molecule has 0 saturated carbocycles. The van der Waals surface area contributed by atoms with Gasteiger partial charge in [-0.2, -0.15) is 0 Å². The van der Waals surface area contributed by atoms with Gasteiger partial charge in [0.15, 0.2) is 0 Å². The van der Waals surface area contributed by atoms with Crippen molar-refractivity contribution in [2.75, 3.05) is 44.7 Å². The molecule has 3 aromatic carbocycles. The molecular formula is C26H31N3O. The minimum absolute atomic E-state index is 0.221. The lowest BCUT2D eigenvalue weighted by atomic mass is 10.1. The Labute approximate surface area is 179 Å². The first-order valence-corrected chi connectivity index (χ1v) is 10.8. The molecule has 1 heterocycles. The molecule has 4 heteroatoms. The average Bonchev–Trinajstić information content (AvgIpc) is 2.75. The van der Waals surface area contributed by atoms with Crippen molar-refractivity contribution in [2.24, 2.45) is 0 Å². The Hall–Kier alpha value is -2.85. The summed E-state index contributed by atoms with van der Waals surface area (Å²) in [6, 6.07) is 21.4. The van der Waals surface area contributed by atoms with Gasteiger partial charge in [-0.15, -0.1) is 0 Å². The van der Waals surface area contributed by atoms with Gasteiger partial charge < -0.3 is 9.80 Å². The van der Waals surface area contributed by atoms with Crippen LogP contribution in [-0.2, 0) is 11.3 Å². The molecule has 0 bridgehead atoms. The maximum absolute atomic E-state index is 12.8. The van der Waals surface area contributed by atoms with Gasteiger partial charge in [0, 0.05) is 38.4 Å². The summed E-state index contributed by atoms with van der Waals surface area (Å²) in [5.41, 5.74) is 5.20. The van der Waals surface area contributed by atoms with E-state index in [1.54, 1.807) is 0 Å². The van der Waals surface area contributed by atoms with Crippen LogP contribution in [0.5, 0.6) is 0 Å². The third kappa shape index (κ3) is 4.49. The molecule has 0 aliphatic carbocycles. The number of anilines is 1. The Bertz CT molecular complexity index is 1040. The first-order chi connectivity index (χ1) is 14.5. The third-order valence-electron chi connectivity index (χ3n) is 6.22. The summed E-state index contributed by atoms with van der Waals surface area (Å²) < 4.78 is 0. The number of hydrogen-bond acceptors (Lipinski definition) is 3. The number of amides is 1. The van der Waals surface area contributed by atoms with Crippen molar-refractivity contribution in [3.63, 3.8) is 0 Å². The third-order valence-corrected chi connectivity index (χ3v) is 6.22. The monoisotopic (exact) mass is 401 g/mol. The van der Waals surface area contributed by atoms with Crippen LogP contribution in [0.25, 0.3) is 10.8 Å². The Morgan fingerprint density at radius 1 is 0.900 bits per heavy atom. The van der Waals surface area contributed by atoms with Gasteiger partial charge in [0.1, 0.15) is 0 Å². The Morgan fingerprint density at radius 2 is 1.63 bits per heavy atom. The molecule has 30 heavy (non-hydrogen) atoms. The van der Waals surface area contributed by atoms with Gasteiger partial charge in [-0.3, -0.25) is 9.69 Å². The van der Waals surface area contributed by atoms with Crippen molar-refractivity contribution in [3.8, 4) is 0 Å². The first kappa shape index (κ1) is 20.4. The molecule has 3 aromatic rings. The molecule has 4 nitrogen and oxygen atoms in total. The van der Waals surface area contributed by atoms with E-state index in [0.717, 1.165) is 32.7 Å². The molecule has 1 aliphatic rings. The predicted octanol–water partition coefficient (Wildman–Crippen LogP) is 4.24. The summed E-state index contributed by atoms with van der Waals surface area (Å²) >= 11 is 0. The van der Waals surface area contributed by atoms with Gasteiger partial charge in [0.2, 0.25) is 5.91 Å². The summed E-state index contributed by atoms with van der Waals surface area (Å²) in [5, 5.41) is 2.50. The highest BCUT2D eigenvalue weighted by atomic mass is 16.2. The molecule has 0 aromatic heterocycles. The molecule has 1 amide bonds. The van der Waals surface area contributed by atoms with Crippen molar-refractivity contribution in [1.82, 2.24) is 9.80 Å². The highest BCUT2D eigenvalue weighted by Gasteiger charge is 2.23. The topological polar surface area (TPSA) is 26.8 Å². The van der Waals surface area contributed by atoms with E-state index in [0.29, 0.717) is 6.54 Å². The van der Waals surface area contributed by atoms with Crippen LogP contribution in [-0.4, -0.2) is 55.5 Å². The van der Waals surface area contributed by atoms with Crippen LogP contribution >= 0.6 is 0 Å². The van der Waals surface area contributed by atoms with Crippen molar-refractivity contribution < 1.29 is 4.79 Å². The average molecular weight is 402 g/mol. The van der Waals surface area contributed by atoms with E-state index in [2.05, 4.69) is 84.3 Å². The molecule has 4 rings (SSSR count). The minimum atomic E-state index is 0.221. The molecule has 0 radical (unpaired) electrons. The first-order valence-electron chi connectivity index (χ1n) is 10.8. The van der Waals surface area contributed by atoms with Crippen LogP contribution in [0.4, 0.5) is 5.69 Å². The summed E-state index contributed by atoms with van der Waals surface area (Å²) in [6.45, 7) is 8.93. The molecule has 0 atom stereocenters. The highest BCUT2D eigenvalue weighted by molar-refractivity contribution is 5.83. The Balaban J connectivity index is 1.31. The number of piperazine rings is 1. The van der Waals surface area contributed by atoms with Crippen LogP contribution in [0.15, 0.2) is 60.7 Å². The number of fused-ring (bicyclic) bond motifs is 1. The van der Waals surface area contributed by atoms with Gasteiger partial charge in [0.05, 0.1) is 6.54 Å². The fraction of sp³-hybridized carbons (Fsp3) is 0.346. The van der Waals surface area contributed by atoms with E-state index in [1.165, 1.54) is 33.2 Å². The fourth-order valence-corrected chi connectivity index (χ4v) is 4.31. The summed E-state index contributed by atoms with van der Waals surface area (Å²) in [6.07, 6.45) is 0. The second-order valence-corrected chi connectivity index (χ2v) is 8.44. The van der Waals surface area contributed by atoms with Crippen molar-refractivity contribution >= 4 is 22.4 Å². The van der Waals surface area contributed by atoms with E-state index in [4.69, 9.17) is 0 Å². The van der Waals surface area contributed by atoms with Gasteiger partial charge in [-0.05, 0) is 60.5 Å². The maximum atomic E-state index is 12.8. The zero-order valence-electron chi connectivity index (χ0n) is 18.3. The molecular weight excluding hydrogens is 370 g/mol. The molecule has 156 valence electrons. The number of hydrogen-bond donors (Lipinski definition) is 0. The van der Waals surface area contributed by atoms with Gasteiger partial charge >= 0.3 is 0 Å². The fourth-order valence-electron chi connectivity index (χ4n) is 4.31. The lowest BCUT2D eigenvalue weighted by molar-refractivity contribution is -0.132. The number of nitrogens with zero attached hydrogens (tertiary/aromatic N) is 3. The van der Waals surface area contributed by atoms with Gasteiger partial charge in [0.25, 0.3) is 0 Å². The summed E-state index contributed by atoms with van der Waals surface area (Å²) in [4.78, 5) is 19.4. The SMILES string of the molecule is Cc1cccc(N2CCN(C(=O)CN(C)Cc3ccc4ccccc4c3)CC2)c1C. The van der Waals surface area contributed by atoms with Crippen molar-refractivity contribution in [2.45, 2.75) is 20.4 Å². The minimum Gasteiger partial charge on any atom is -0.368 e. The molecule has 1 fully saturated rings. The van der Waals surface area contributed by atoms with E-state index in [1.807, 2.05) is 11.9 Å². The number of aryl methyl sites for hydroxylation is 1. The van der Waals surface area contributed by atoms with Crippen LogP contribution in [0.2, 0.25) is 0 Å². The lowest BCUT2D eigenvalue weighted by Gasteiger charge is -2.37. The molecule has 0 spiro atoms. The quantitative estimate of drug-likeness (QED) is 0.640. The van der Waals surface area contributed by atoms with Gasteiger partial charge in [-0.25, -0.2) is 0 Å². The highest BCUT2D eigenvalue weighted by Crippen LogP contribution is 2.24.